The second-order valence-corrected chi connectivity index (χ2v) is 29.2. The Kier molecular flexibility index (Phi) is 8.47. The molecule has 150 valence electrons. The largest absolute Gasteiger partial charge is 0.418 e. The van der Waals surface area contributed by atoms with Crippen molar-refractivity contribution in [3.05, 3.63) is 0 Å². The van der Waals surface area contributed by atoms with Crippen LogP contribution >= 0.6 is 0 Å². The van der Waals surface area contributed by atoms with E-state index >= 15 is 0 Å². The fourth-order valence-corrected chi connectivity index (χ4v) is 31.7. The van der Waals surface area contributed by atoms with Crippen LogP contribution < -0.4 is 0 Å². The van der Waals surface area contributed by atoms with E-state index in [4.69, 9.17) is 28.8 Å². The fraction of sp³-hybridized carbons (Fsp3) is 1.00. The van der Waals surface area contributed by atoms with E-state index in [-0.39, 0.29) is 0 Å². The number of hydrogen-bond donors (Lipinski definition) is 0. The lowest BCUT2D eigenvalue weighted by Crippen LogP contribution is -2.58. The molecule has 2 heterocycles. The van der Waals surface area contributed by atoms with Crippen LogP contribution in [0.1, 0.15) is 0 Å². The Hall–Kier alpha value is 1.24. The van der Waals surface area contributed by atoms with Crippen molar-refractivity contribution in [3.63, 3.8) is 0 Å². The summed E-state index contributed by atoms with van der Waals surface area (Å²) in [6, 6.07) is 0. The topological polar surface area (TPSA) is 64.6 Å². The first-order valence-electron chi connectivity index (χ1n) is 8.78. The minimum absolute atomic E-state index is 1.35. The third-order valence-electron chi connectivity index (χ3n) is 3.19. The molecular weight excluding hydrogens is 441 g/mol. The van der Waals surface area contributed by atoms with Gasteiger partial charge in [-0.15, -0.1) is 0 Å². The third kappa shape index (κ3) is 9.83. The molecule has 0 aromatic rings. The molecule has 2 aliphatic rings. The monoisotopic (exact) mass is 476 g/mol. The summed E-state index contributed by atoms with van der Waals surface area (Å²) in [4.78, 5) is 0. The molecule has 0 aliphatic carbocycles. The van der Waals surface area contributed by atoms with Gasteiger partial charge in [0.1, 0.15) is 0 Å². The highest BCUT2D eigenvalue weighted by atomic mass is 28.5. The molecule has 7 nitrogen and oxygen atoms in total. The van der Waals surface area contributed by atoms with Crippen molar-refractivity contribution in [1.29, 1.82) is 0 Å². The minimum atomic E-state index is -1.97. The van der Waals surface area contributed by atoms with Crippen molar-refractivity contribution in [1.82, 2.24) is 0 Å². The van der Waals surface area contributed by atoms with Crippen LogP contribution in [-0.4, -0.2) is 62.1 Å². The van der Waals surface area contributed by atoms with E-state index in [1.165, 1.54) is 0 Å². The molecule has 0 aromatic carbocycles. The highest BCUT2D eigenvalue weighted by Gasteiger charge is 2.44. The van der Waals surface area contributed by atoms with E-state index in [1.807, 2.05) is 13.1 Å². The van der Waals surface area contributed by atoms with Gasteiger partial charge >= 0.3 is 62.1 Å². The third-order valence-corrected chi connectivity index (χ3v) is 28.7. The summed E-state index contributed by atoms with van der Waals surface area (Å²) >= 11 is 0. The molecule has 0 atom stereocenters. The van der Waals surface area contributed by atoms with Crippen LogP contribution in [0.15, 0.2) is 0 Å². The summed E-state index contributed by atoms with van der Waals surface area (Å²) in [6.45, 7) is 22.8. The smallest absolute Gasteiger partial charge is 0.313 e. The predicted octanol–water partition coefficient (Wildman–Crippen LogP) is 2.47. The van der Waals surface area contributed by atoms with E-state index in [1.54, 1.807) is 0 Å². The molecule has 0 spiro atoms. The van der Waals surface area contributed by atoms with Gasteiger partial charge in [-0.05, 0) is 72.0 Å². The number of hydrogen-bond acceptors (Lipinski definition) is 7. The van der Waals surface area contributed by atoms with Crippen LogP contribution in [0.5, 0.6) is 0 Å². The lowest BCUT2D eigenvalue weighted by atomic mass is 11.9. The lowest BCUT2D eigenvalue weighted by Gasteiger charge is -2.41. The van der Waals surface area contributed by atoms with Crippen LogP contribution in [0.2, 0.25) is 72.0 Å². The first-order valence-corrected chi connectivity index (χ1v) is 26.3. The average molecular weight is 477 g/mol. The zero-order valence-electron chi connectivity index (χ0n) is 17.6. The second kappa shape index (κ2) is 8.72. The zero-order valence-corrected chi connectivity index (χ0v) is 25.1. The molecular formula is C11H36O7Si7. The van der Waals surface area contributed by atoms with Gasteiger partial charge < -0.3 is 28.8 Å². The second-order valence-electron chi connectivity index (χ2n) is 8.11. The maximum Gasteiger partial charge on any atom is 0.313 e. The van der Waals surface area contributed by atoms with Gasteiger partial charge in [0.2, 0.25) is 0 Å². The summed E-state index contributed by atoms with van der Waals surface area (Å²) in [5.74, 6) is 0. The summed E-state index contributed by atoms with van der Waals surface area (Å²) in [5, 5.41) is 0. The maximum atomic E-state index is 5.91. The first kappa shape index (κ1) is 24.3. The van der Waals surface area contributed by atoms with Crippen LogP contribution in [0.25, 0.3) is 0 Å². The molecule has 14 heteroatoms. The van der Waals surface area contributed by atoms with Gasteiger partial charge in [0.05, 0.1) is 0 Å². The Morgan fingerprint density at radius 2 is 0.600 bits per heavy atom. The zero-order chi connectivity index (χ0) is 19.7. The molecule has 2 saturated heterocycles. The maximum absolute atomic E-state index is 5.91. The normalized spacial score (nSPS) is 34.2. The molecule has 0 saturated carbocycles. The van der Waals surface area contributed by atoms with Gasteiger partial charge in [-0.1, -0.05) is 0 Å². The van der Waals surface area contributed by atoms with Gasteiger partial charge in [0, 0.05) is 0 Å². The van der Waals surface area contributed by atoms with Crippen molar-refractivity contribution in [2.24, 2.45) is 0 Å². The van der Waals surface area contributed by atoms with Gasteiger partial charge in [-0.3, -0.25) is 0 Å². The molecule has 0 unspecified atom stereocenters. The van der Waals surface area contributed by atoms with E-state index in [2.05, 4.69) is 58.9 Å². The van der Waals surface area contributed by atoms with Gasteiger partial charge in [-0.2, -0.15) is 0 Å². The summed E-state index contributed by atoms with van der Waals surface area (Å²) in [7, 11) is -12.0. The minimum Gasteiger partial charge on any atom is -0.418 e. The van der Waals surface area contributed by atoms with Crippen LogP contribution in [0.4, 0.5) is 0 Å². The van der Waals surface area contributed by atoms with E-state index < -0.39 is 62.1 Å². The van der Waals surface area contributed by atoms with Crippen molar-refractivity contribution in [2.75, 3.05) is 0 Å². The van der Waals surface area contributed by atoms with Gasteiger partial charge in [-0.25, -0.2) is 0 Å². The summed E-state index contributed by atoms with van der Waals surface area (Å²) in [6.07, 6.45) is 0. The first-order chi connectivity index (χ1) is 11.0. The molecule has 2 fully saturated rings. The highest BCUT2D eigenvalue weighted by molar-refractivity contribution is 6.87. The Morgan fingerprint density at radius 1 is 0.400 bits per heavy atom. The molecule has 2 aliphatic heterocycles. The lowest BCUT2D eigenvalue weighted by molar-refractivity contribution is 0.255. The number of rotatable bonds is 0. The molecule has 0 radical (unpaired) electrons. The Balaban J connectivity index is 0.000000257. The highest BCUT2D eigenvalue weighted by Crippen LogP contribution is 2.24. The van der Waals surface area contributed by atoms with E-state index in [0.717, 1.165) is 0 Å². The molecule has 0 N–H and O–H groups in total. The van der Waals surface area contributed by atoms with Crippen molar-refractivity contribution >= 4 is 62.1 Å². The Morgan fingerprint density at radius 3 is 0.800 bits per heavy atom. The van der Waals surface area contributed by atoms with Crippen molar-refractivity contribution in [2.45, 2.75) is 72.0 Å². The van der Waals surface area contributed by atoms with E-state index in [9.17, 15) is 0 Å². The van der Waals surface area contributed by atoms with Crippen LogP contribution in [0.3, 0.4) is 0 Å². The summed E-state index contributed by atoms with van der Waals surface area (Å²) in [5.41, 5.74) is 0. The fourth-order valence-electron chi connectivity index (χ4n) is 3.17. The predicted molar refractivity (Wildman–Crippen MR) is 117 cm³/mol. The van der Waals surface area contributed by atoms with Crippen LogP contribution in [0, 0.1) is 0 Å². The molecule has 0 amide bonds. The molecule has 0 bridgehead atoms. The van der Waals surface area contributed by atoms with Crippen molar-refractivity contribution in [3.8, 4) is 0 Å². The van der Waals surface area contributed by atoms with E-state index in [0.29, 0.717) is 0 Å². The van der Waals surface area contributed by atoms with Gasteiger partial charge in [0.25, 0.3) is 0 Å². The quantitative estimate of drug-likeness (QED) is 0.497. The Bertz CT molecular complexity index is 394. The molecule has 2 rings (SSSR count). The SMILES string of the molecule is C[SiH]1O[Si](C)(C)O[SiH](C)O[Si](C)(C)O1.C[SiH]1O[Si](C)(C)O[Si](C)(C)O1. The molecule has 0 aromatic heterocycles. The standard InChI is InChI=1S/C6H20O4Si4.C5H16O3Si3/c1-11-7-13(3,4)9-12(2)10-14(5,6)8-11;1-9-6-10(2,3)8-11(4,5)7-9/h11-12H,1-6H3;9H,1-5H3. The summed E-state index contributed by atoms with van der Waals surface area (Å²) < 4.78 is 40.8. The average Bonchev–Trinajstić information content (AvgIpc) is 2.16. The van der Waals surface area contributed by atoms with Crippen LogP contribution in [-0.2, 0) is 28.8 Å². The van der Waals surface area contributed by atoms with Gasteiger partial charge in [0.15, 0.2) is 0 Å². The molecule has 25 heavy (non-hydrogen) atoms. The Labute approximate surface area is 162 Å². The van der Waals surface area contributed by atoms with Crippen molar-refractivity contribution < 1.29 is 28.8 Å².